The molecule has 52 heavy (non-hydrogen) atoms. The molecule has 0 spiro atoms. The van der Waals surface area contributed by atoms with E-state index in [4.69, 9.17) is 23.8 Å². The number of nitrogens with zero attached hydrogens (tertiary/aromatic N) is 3. The van der Waals surface area contributed by atoms with E-state index in [0.717, 1.165) is 77.3 Å². The van der Waals surface area contributed by atoms with Gasteiger partial charge in [-0.25, -0.2) is 15.0 Å². The van der Waals surface area contributed by atoms with Gasteiger partial charge in [0, 0.05) is 50.1 Å². The van der Waals surface area contributed by atoms with E-state index in [1.54, 1.807) is 0 Å². The average Bonchev–Trinajstić information content (AvgIpc) is 3.78. The van der Waals surface area contributed by atoms with Crippen LogP contribution in [0.1, 0.15) is 22.9 Å². The van der Waals surface area contributed by atoms with E-state index in [2.05, 4.69) is 115 Å². The monoisotopic (exact) mass is 667 g/mol. The molecule has 0 radical (unpaired) electrons. The van der Waals surface area contributed by atoms with Crippen molar-refractivity contribution in [3.8, 4) is 33.9 Å². The summed E-state index contributed by atoms with van der Waals surface area (Å²) in [4.78, 5) is 15.5. The van der Waals surface area contributed by atoms with Gasteiger partial charge in [-0.15, -0.1) is 0 Å². The Hall–Kier alpha value is -6.85. The highest BCUT2D eigenvalue weighted by atomic mass is 16.3. The van der Waals surface area contributed by atoms with Crippen molar-refractivity contribution in [1.82, 2.24) is 15.0 Å². The Morgan fingerprint density at radius 2 is 1.15 bits per heavy atom. The van der Waals surface area contributed by atoms with Crippen molar-refractivity contribution in [1.29, 1.82) is 0 Å². The van der Waals surface area contributed by atoms with E-state index in [1.807, 2.05) is 48.5 Å². The van der Waals surface area contributed by atoms with Crippen molar-refractivity contribution in [2.24, 2.45) is 5.92 Å². The molecule has 0 fully saturated rings. The number of fused-ring (bicyclic) bond motifs is 9. The number of aromatic nitrogens is 3. The number of para-hydroxylation sites is 1. The molecular weight excluding hydrogens is 639 g/mol. The number of benzene rings is 6. The molecule has 9 aromatic rings. The van der Waals surface area contributed by atoms with E-state index < -0.39 is 0 Å². The molecule has 0 saturated heterocycles. The van der Waals surface area contributed by atoms with Gasteiger partial charge in [0.2, 0.25) is 0 Å². The summed E-state index contributed by atoms with van der Waals surface area (Å²) in [6.45, 7) is 0. The molecule has 2 aliphatic carbocycles. The van der Waals surface area contributed by atoms with Gasteiger partial charge in [-0.3, -0.25) is 0 Å². The second-order valence-electron chi connectivity index (χ2n) is 13.5. The second kappa shape index (κ2) is 11.3. The van der Waals surface area contributed by atoms with Gasteiger partial charge >= 0.3 is 0 Å². The maximum Gasteiger partial charge on any atom is 0.164 e. The van der Waals surface area contributed by atoms with Crippen LogP contribution < -0.4 is 0 Å². The minimum Gasteiger partial charge on any atom is -0.456 e. The van der Waals surface area contributed by atoms with E-state index in [0.29, 0.717) is 17.5 Å². The van der Waals surface area contributed by atoms with Crippen molar-refractivity contribution >= 4 is 49.5 Å². The smallest absolute Gasteiger partial charge is 0.164 e. The van der Waals surface area contributed by atoms with Gasteiger partial charge in [0.25, 0.3) is 0 Å². The first-order valence-electron chi connectivity index (χ1n) is 17.6. The summed E-state index contributed by atoms with van der Waals surface area (Å²) in [5.41, 5.74) is 10.8. The maximum absolute atomic E-state index is 6.57. The molecule has 6 aromatic carbocycles. The van der Waals surface area contributed by atoms with Gasteiger partial charge in [0.15, 0.2) is 17.5 Å². The summed E-state index contributed by atoms with van der Waals surface area (Å²) >= 11 is 0. The van der Waals surface area contributed by atoms with E-state index in [-0.39, 0.29) is 11.8 Å². The SMILES string of the molecule is C1=CC2C=C(c3nc(-c4ccccc4)nc(-c4cccc5oc6cc(-c7ccc8oc9ccccc9c8c7)ccc6c45)n3)c3ccccc3C2C=C1. The molecule has 0 N–H and O–H groups in total. The van der Waals surface area contributed by atoms with Crippen LogP contribution in [0.4, 0.5) is 0 Å². The van der Waals surface area contributed by atoms with Crippen LogP contribution in [-0.2, 0) is 0 Å². The Labute approximate surface area is 298 Å². The fourth-order valence-corrected chi connectivity index (χ4v) is 8.04. The van der Waals surface area contributed by atoms with Crippen molar-refractivity contribution in [3.05, 3.63) is 181 Å². The Morgan fingerprint density at radius 1 is 0.442 bits per heavy atom. The molecule has 0 amide bonds. The largest absolute Gasteiger partial charge is 0.456 e. The van der Waals surface area contributed by atoms with Crippen LogP contribution in [-0.4, -0.2) is 15.0 Å². The minimum atomic E-state index is 0.221. The van der Waals surface area contributed by atoms with Crippen LogP contribution in [0.25, 0.3) is 83.4 Å². The molecule has 0 saturated carbocycles. The highest BCUT2D eigenvalue weighted by molar-refractivity contribution is 6.13. The zero-order valence-electron chi connectivity index (χ0n) is 27.9. The number of hydrogen-bond donors (Lipinski definition) is 0. The summed E-state index contributed by atoms with van der Waals surface area (Å²) in [6, 6.07) is 45.9. The molecule has 2 atom stereocenters. The Balaban J connectivity index is 1.08. The van der Waals surface area contributed by atoms with Gasteiger partial charge in [-0.05, 0) is 58.7 Å². The first-order valence-corrected chi connectivity index (χ1v) is 17.6. The normalized spacial score (nSPS) is 16.4. The summed E-state index contributed by atoms with van der Waals surface area (Å²) in [5.74, 6) is 2.41. The van der Waals surface area contributed by atoms with E-state index in [1.165, 1.54) is 5.56 Å². The predicted octanol–water partition coefficient (Wildman–Crippen LogP) is 11.9. The molecule has 2 unspecified atom stereocenters. The van der Waals surface area contributed by atoms with Gasteiger partial charge in [-0.1, -0.05) is 127 Å². The number of rotatable bonds is 4. The number of hydrogen-bond acceptors (Lipinski definition) is 5. The van der Waals surface area contributed by atoms with Gasteiger partial charge in [-0.2, -0.15) is 0 Å². The van der Waals surface area contributed by atoms with E-state index >= 15 is 0 Å². The van der Waals surface area contributed by atoms with Gasteiger partial charge in [0.05, 0.1) is 0 Å². The number of allylic oxidation sites excluding steroid dienone is 5. The van der Waals surface area contributed by atoms with Crippen LogP contribution in [0.3, 0.4) is 0 Å². The lowest BCUT2D eigenvalue weighted by atomic mass is 9.74. The topological polar surface area (TPSA) is 65.0 Å². The third kappa shape index (κ3) is 4.53. The van der Waals surface area contributed by atoms with Crippen LogP contribution in [0.2, 0.25) is 0 Å². The lowest BCUT2D eigenvalue weighted by molar-refractivity contribution is 0.669. The molecular formula is C47H29N3O2. The summed E-state index contributed by atoms with van der Waals surface area (Å²) in [7, 11) is 0. The molecule has 5 heteroatoms. The third-order valence-electron chi connectivity index (χ3n) is 10.5. The zero-order chi connectivity index (χ0) is 34.2. The predicted molar refractivity (Wildman–Crippen MR) is 209 cm³/mol. The average molecular weight is 668 g/mol. The third-order valence-corrected chi connectivity index (χ3v) is 10.5. The lowest BCUT2D eigenvalue weighted by Crippen LogP contribution is -2.17. The van der Waals surface area contributed by atoms with Crippen LogP contribution in [0.5, 0.6) is 0 Å². The molecule has 3 heterocycles. The highest BCUT2D eigenvalue weighted by Crippen LogP contribution is 2.44. The Morgan fingerprint density at radius 3 is 2.12 bits per heavy atom. The van der Waals surface area contributed by atoms with Crippen LogP contribution in [0, 0.1) is 5.92 Å². The van der Waals surface area contributed by atoms with E-state index in [9.17, 15) is 0 Å². The zero-order valence-corrected chi connectivity index (χ0v) is 27.9. The maximum atomic E-state index is 6.57. The second-order valence-corrected chi connectivity index (χ2v) is 13.5. The van der Waals surface area contributed by atoms with Gasteiger partial charge in [0.1, 0.15) is 22.3 Å². The van der Waals surface area contributed by atoms with Gasteiger partial charge < -0.3 is 8.83 Å². The first kappa shape index (κ1) is 28.9. The fraction of sp³-hybridized carbons (Fsp3) is 0.0426. The molecule has 2 aliphatic rings. The quantitative estimate of drug-likeness (QED) is 0.187. The molecule has 0 bridgehead atoms. The molecule has 11 rings (SSSR count). The standard InChI is InChI=1S/C47H29N3O2/c1-2-11-28(12-3-1)45-48-46(50-47(49-45)39-26-31-13-4-5-14-32(31)33-15-6-7-16-34(33)39)37-18-10-20-42-44(37)36-23-21-30(27-43(36)52-42)29-22-24-41-38(25-29)35-17-8-9-19-40(35)51-41/h1-27,31-32H. The highest BCUT2D eigenvalue weighted by Gasteiger charge is 2.30. The van der Waals surface area contributed by atoms with Crippen LogP contribution >= 0.6 is 0 Å². The lowest BCUT2D eigenvalue weighted by Gasteiger charge is -2.30. The number of furan rings is 2. The Kier molecular flexibility index (Phi) is 6.31. The Bertz CT molecular complexity index is 2980. The van der Waals surface area contributed by atoms with Crippen molar-refractivity contribution in [2.75, 3.05) is 0 Å². The molecule has 244 valence electrons. The minimum absolute atomic E-state index is 0.221. The first-order chi connectivity index (χ1) is 25.7. The summed E-state index contributed by atoms with van der Waals surface area (Å²) in [5, 5.41) is 4.20. The summed E-state index contributed by atoms with van der Waals surface area (Å²) in [6.07, 6.45) is 11.1. The van der Waals surface area contributed by atoms with Crippen LogP contribution in [0.15, 0.2) is 173 Å². The molecule has 5 nitrogen and oxygen atoms in total. The van der Waals surface area contributed by atoms with Crippen molar-refractivity contribution in [3.63, 3.8) is 0 Å². The fourth-order valence-electron chi connectivity index (χ4n) is 8.04. The molecule has 0 aliphatic heterocycles. The summed E-state index contributed by atoms with van der Waals surface area (Å²) < 4.78 is 12.7. The van der Waals surface area contributed by atoms with Crippen molar-refractivity contribution in [2.45, 2.75) is 5.92 Å². The molecule has 3 aromatic heterocycles. The van der Waals surface area contributed by atoms with Crippen molar-refractivity contribution < 1.29 is 8.83 Å².